The van der Waals surface area contributed by atoms with E-state index in [4.69, 9.17) is 0 Å². The van der Waals surface area contributed by atoms with Crippen LogP contribution in [0.3, 0.4) is 0 Å². The van der Waals surface area contributed by atoms with Crippen molar-refractivity contribution in [1.82, 2.24) is 0 Å². The van der Waals surface area contributed by atoms with Crippen molar-refractivity contribution >= 4 is 0 Å². The van der Waals surface area contributed by atoms with Crippen LogP contribution in [0.1, 0.15) is 44.5 Å². The van der Waals surface area contributed by atoms with Crippen LogP contribution in [0.4, 0.5) is 0 Å². The summed E-state index contributed by atoms with van der Waals surface area (Å²) in [5.41, 5.74) is 12.2. The van der Waals surface area contributed by atoms with Crippen LogP contribution >= 0.6 is 0 Å². The van der Waals surface area contributed by atoms with E-state index >= 15 is 0 Å². The Morgan fingerprint density at radius 3 is 1.33 bits per heavy atom. The van der Waals surface area contributed by atoms with Gasteiger partial charge in [0.1, 0.15) is 0 Å². The number of hydrogen-bond donors (Lipinski definition) is 0. The lowest BCUT2D eigenvalue weighted by molar-refractivity contribution is 0.817. The highest BCUT2D eigenvalue weighted by Crippen LogP contribution is 2.29. The molecule has 0 atom stereocenters. The highest BCUT2D eigenvalue weighted by Gasteiger charge is 2.17. The molecule has 0 fully saturated rings. The van der Waals surface area contributed by atoms with E-state index in [0.29, 0.717) is 0 Å². The minimum Gasteiger partial charge on any atom is -0.0617 e. The van der Waals surface area contributed by atoms with E-state index in [-0.39, 0.29) is 0 Å². The van der Waals surface area contributed by atoms with Gasteiger partial charge in [-0.1, -0.05) is 60.7 Å². The standard InChI is InChI=1S/C24H22/c1-3-19-11-13-23(19)21(5-1)15-17-7-9-18(10-8-17)16-22-6-2-4-20-12-14-24(20)22/h1-10H,11-16H2. The Labute approximate surface area is 144 Å². The average molecular weight is 310 g/mol. The van der Waals surface area contributed by atoms with Gasteiger partial charge in [0, 0.05) is 0 Å². The fourth-order valence-electron chi connectivity index (χ4n) is 4.20. The molecule has 3 aromatic rings. The molecule has 5 rings (SSSR count). The summed E-state index contributed by atoms with van der Waals surface area (Å²) in [5, 5.41) is 0. The van der Waals surface area contributed by atoms with Crippen LogP contribution in [0.25, 0.3) is 0 Å². The minimum absolute atomic E-state index is 1.07. The van der Waals surface area contributed by atoms with Crippen LogP contribution in [-0.2, 0) is 38.5 Å². The van der Waals surface area contributed by atoms with Crippen molar-refractivity contribution in [2.24, 2.45) is 0 Å². The molecule has 0 aliphatic heterocycles. The maximum atomic E-state index is 2.32. The zero-order chi connectivity index (χ0) is 15.9. The molecule has 0 heterocycles. The predicted octanol–water partition coefficient (Wildman–Crippen LogP) is 5.07. The molecule has 0 amide bonds. The number of hydrogen-bond acceptors (Lipinski definition) is 0. The van der Waals surface area contributed by atoms with E-state index in [1.54, 1.807) is 22.3 Å². The third-order valence-electron chi connectivity index (χ3n) is 5.84. The second-order valence-corrected chi connectivity index (χ2v) is 7.28. The quantitative estimate of drug-likeness (QED) is 0.631. The second kappa shape index (κ2) is 5.63. The van der Waals surface area contributed by atoms with Gasteiger partial charge in [0.2, 0.25) is 0 Å². The maximum Gasteiger partial charge on any atom is -0.00229 e. The largest absolute Gasteiger partial charge is 0.0617 e. The van der Waals surface area contributed by atoms with Gasteiger partial charge in [0.05, 0.1) is 0 Å². The summed E-state index contributed by atoms with van der Waals surface area (Å²) in [4.78, 5) is 0. The van der Waals surface area contributed by atoms with Crippen LogP contribution in [-0.4, -0.2) is 0 Å². The second-order valence-electron chi connectivity index (χ2n) is 7.28. The number of rotatable bonds is 4. The molecule has 0 radical (unpaired) electrons. The first-order valence-corrected chi connectivity index (χ1v) is 9.14. The topological polar surface area (TPSA) is 0 Å². The van der Waals surface area contributed by atoms with Gasteiger partial charge in [-0.3, -0.25) is 0 Å². The van der Waals surface area contributed by atoms with E-state index in [9.17, 15) is 0 Å². The summed E-state index contributed by atoms with van der Waals surface area (Å²) >= 11 is 0. The highest BCUT2D eigenvalue weighted by atomic mass is 14.2. The zero-order valence-electron chi connectivity index (χ0n) is 14.0. The highest BCUT2D eigenvalue weighted by molar-refractivity contribution is 5.46. The molecule has 0 aromatic heterocycles. The lowest BCUT2D eigenvalue weighted by Crippen LogP contribution is -2.12. The van der Waals surface area contributed by atoms with Crippen molar-refractivity contribution < 1.29 is 0 Å². The first kappa shape index (κ1) is 14.0. The van der Waals surface area contributed by atoms with Gasteiger partial charge >= 0.3 is 0 Å². The van der Waals surface area contributed by atoms with Gasteiger partial charge in [-0.15, -0.1) is 0 Å². The molecule has 2 aliphatic rings. The van der Waals surface area contributed by atoms with Gasteiger partial charge in [-0.25, -0.2) is 0 Å². The average Bonchev–Trinajstić information content (AvgIpc) is 2.53. The van der Waals surface area contributed by atoms with Crippen LogP contribution in [0.2, 0.25) is 0 Å². The molecular formula is C24H22. The Kier molecular flexibility index (Phi) is 3.29. The summed E-state index contributed by atoms with van der Waals surface area (Å²) in [5.74, 6) is 0. The normalized spacial score (nSPS) is 14.3. The van der Waals surface area contributed by atoms with Crippen molar-refractivity contribution in [1.29, 1.82) is 0 Å². The molecule has 0 saturated carbocycles. The van der Waals surface area contributed by atoms with Gasteiger partial charge in [0.25, 0.3) is 0 Å². The Hall–Kier alpha value is -2.34. The third kappa shape index (κ3) is 2.38. The van der Waals surface area contributed by atoms with E-state index in [2.05, 4.69) is 60.7 Å². The van der Waals surface area contributed by atoms with Gasteiger partial charge in [0.15, 0.2) is 0 Å². The Balaban J connectivity index is 1.34. The molecule has 0 heteroatoms. The summed E-state index contributed by atoms with van der Waals surface area (Å²) in [6.07, 6.45) is 7.22. The van der Waals surface area contributed by atoms with Crippen LogP contribution in [0, 0.1) is 0 Å². The molecule has 24 heavy (non-hydrogen) atoms. The van der Waals surface area contributed by atoms with Crippen molar-refractivity contribution in [3.63, 3.8) is 0 Å². The first-order chi connectivity index (χ1) is 11.9. The maximum absolute atomic E-state index is 2.32. The monoisotopic (exact) mass is 310 g/mol. The van der Waals surface area contributed by atoms with E-state index in [1.165, 1.54) is 47.9 Å². The third-order valence-corrected chi connectivity index (χ3v) is 5.84. The van der Waals surface area contributed by atoms with Crippen LogP contribution in [0.5, 0.6) is 0 Å². The molecule has 118 valence electrons. The lowest BCUT2D eigenvalue weighted by atomic mass is 9.82. The smallest absolute Gasteiger partial charge is 0.00229 e. The van der Waals surface area contributed by atoms with Gasteiger partial charge < -0.3 is 0 Å². The SMILES string of the molecule is c1cc2c(c(Cc3ccc(Cc4cccc5c4CC5)cc3)c1)CC2. The molecule has 0 unspecified atom stereocenters. The van der Waals surface area contributed by atoms with Gasteiger partial charge in [-0.2, -0.15) is 0 Å². The van der Waals surface area contributed by atoms with Crippen molar-refractivity contribution in [3.05, 3.63) is 105 Å². The molecule has 3 aromatic carbocycles. The predicted molar refractivity (Wildman–Crippen MR) is 99.8 cm³/mol. The molecule has 0 N–H and O–H groups in total. The first-order valence-electron chi connectivity index (χ1n) is 9.14. The molecule has 2 aliphatic carbocycles. The van der Waals surface area contributed by atoms with E-state index in [0.717, 1.165) is 12.8 Å². The fraction of sp³-hybridized carbons (Fsp3) is 0.250. The minimum atomic E-state index is 1.07. The van der Waals surface area contributed by atoms with Gasteiger partial charge in [-0.05, 0) is 83.0 Å². The van der Waals surface area contributed by atoms with Crippen molar-refractivity contribution in [2.45, 2.75) is 38.5 Å². The Morgan fingerprint density at radius 2 is 0.958 bits per heavy atom. The van der Waals surface area contributed by atoms with Crippen LogP contribution in [0.15, 0.2) is 60.7 Å². The Bertz CT molecular complexity index is 823. The molecule has 0 nitrogen and oxygen atoms in total. The summed E-state index contributed by atoms with van der Waals surface area (Å²) in [7, 11) is 0. The lowest BCUT2D eigenvalue weighted by Gasteiger charge is -2.23. The molecule has 0 saturated heterocycles. The molecule has 0 spiro atoms. The number of benzene rings is 3. The Morgan fingerprint density at radius 1 is 0.500 bits per heavy atom. The molecular weight excluding hydrogens is 288 g/mol. The molecule has 0 bridgehead atoms. The van der Waals surface area contributed by atoms with Crippen molar-refractivity contribution in [3.8, 4) is 0 Å². The zero-order valence-corrected chi connectivity index (χ0v) is 14.0. The summed E-state index contributed by atoms with van der Waals surface area (Å²) in [6.45, 7) is 0. The van der Waals surface area contributed by atoms with Crippen molar-refractivity contribution in [2.75, 3.05) is 0 Å². The number of aryl methyl sites for hydroxylation is 2. The number of fused-ring (bicyclic) bond motifs is 2. The van der Waals surface area contributed by atoms with Crippen LogP contribution < -0.4 is 0 Å². The fourth-order valence-corrected chi connectivity index (χ4v) is 4.20. The summed E-state index contributed by atoms with van der Waals surface area (Å²) in [6, 6.07) is 22.9. The van der Waals surface area contributed by atoms with E-state index < -0.39 is 0 Å². The summed E-state index contributed by atoms with van der Waals surface area (Å²) < 4.78 is 0. The van der Waals surface area contributed by atoms with E-state index in [1.807, 2.05) is 0 Å².